The Morgan fingerprint density at radius 3 is 2.47 bits per heavy atom. The SMILES string of the molecule is C=C(CNCC)CN1CC(C)CC(C)C1. The van der Waals surface area contributed by atoms with Crippen molar-refractivity contribution in [3.8, 4) is 0 Å². The Hall–Kier alpha value is -0.340. The van der Waals surface area contributed by atoms with Gasteiger partial charge in [-0.2, -0.15) is 0 Å². The van der Waals surface area contributed by atoms with Crippen molar-refractivity contribution in [2.24, 2.45) is 11.8 Å². The second-order valence-corrected chi connectivity index (χ2v) is 5.17. The van der Waals surface area contributed by atoms with E-state index in [0.29, 0.717) is 0 Å². The van der Waals surface area contributed by atoms with E-state index in [2.05, 4.69) is 37.6 Å². The van der Waals surface area contributed by atoms with Crippen molar-refractivity contribution in [2.75, 3.05) is 32.7 Å². The molecule has 88 valence electrons. The molecule has 1 aliphatic heterocycles. The van der Waals surface area contributed by atoms with Crippen LogP contribution in [0.15, 0.2) is 12.2 Å². The van der Waals surface area contributed by atoms with E-state index in [0.717, 1.165) is 31.5 Å². The van der Waals surface area contributed by atoms with E-state index in [1.54, 1.807) is 0 Å². The quantitative estimate of drug-likeness (QED) is 0.699. The van der Waals surface area contributed by atoms with Crippen molar-refractivity contribution in [3.63, 3.8) is 0 Å². The Morgan fingerprint density at radius 1 is 1.33 bits per heavy atom. The summed E-state index contributed by atoms with van der Waals surface area (Å²) in [5.41, 5.74) is 1.32. The first kappa shape index (κ1) is 12.7. The monoisotopic (exact) mass is 210 g/mol. The fourth-order valence-electron chi connectivity index (χ4n) is 2.60. The number of piperidine rings is 1. The van der Waals surface area contributed by atoms with E-state index < -0.39 is 0 Å². The van der Waals surface area contributed by atoms with Gasteiger partial charge in [-0.15, -0.1) is 0 Å². The maximum Gasteiger partial charge on any atom is 0.0203 e. The number of likely N-dealkylation sites (N-methyl/N-ethyl adjacent to an activating group) is 1. The zero-order valence-corrected chi connectivity index (χ0v) is 10.6. The number of nitrogens with zero attached hydrogens (tertiary/aromatic N) is 1. The maximum absolute atomic E-state index is 4.13. The summed E-state index contributed by atoms with van der Waals surface area (Å²) in [7, 11) is 0. The lowest BCUT2D eigenvalue weighted by atomic mass is 9.92. The topological polar surface area (TPSA) is 15.3 Å². The lowest BCUT2D eigenvalue weighted by Gasteiger charge is -2.35. The zero-order chi connectivity index (χ0) is 11.3. The predicted molar refractivity (Wildman–Crippen MR) is 67.1 cm³/mol. The second kappa shape index (κ2) is 6.29. The number of likely N-dealkylation sites (tertiary alicyclic amines) is 1. The largest absolute Gasteiger partial charge is 0.313 e. The molecular formula is C13H26N2. The van der Waals surface area contributed by atoms with E-state index in [-0.39, 0.29) is 0 Å². The van der Waals surface area contributed by atoms with Crippen molar-refractivity contribution in [2.45, 2.75) is 27.2 Å². The van der Waals surface area contributed by atoms with E-state index in [1.807, 2.05) is 0 Å². The summed E-state index contributed by atoms with van der Waals surface area (Å²) in [6.45, 7) is 16.5. The molecule has 2 unspecified atom stereocenters. The summed E-state index contributed by atoms with van der Waals surface area (Å²) in [4.78, 5) is 2.55. The minimum absolute atomic E-state index is 0.848. The van der Waals surface area contributed by atoms with Crippen LogP contribution in [0.3, 0.4) is 0 Å². The summed E-state index contributed by atoms with van der Waals surface area (Å²) in [6.07, 6.45) is 1.39. The Morgan fingerprint density at radius 2 is 1.93 bits per heavy atom. The van der Waals surface area contributed by atoms with Crippen molar-refractivity contribution in [1.29, 1.82) is 0 Å². The van der Waals surface area contributed by atoms with E-state index in [4.69, 9.17) is 0 Å². The predicted octanol–water partition coefficient (Wildman–Crippen LogP) is 2.13. The smallest absolute Gasteiger partial charge is 0.0203 e. The first-order valence-electron chi connectivity index (χ1n) is 6.21. The molecule has 2 nitrogen and oxygen atoms in total. The van der Waals surface area contributed by atoms with Crippen molar-refractivity contribution < 1.29 is 0 Å². The fraction of sp³-hybridized carbons (Fsp3) is 0.846. The molecule has 2 atom stereocenters. The third kappa shape index (κ3) is 4.80. The van der Waals surface area contributed by atoms with Gasteiger partial charge in [-0.1, -0.05) is 27.4 Å². The van der Waals surface area contributed by atoms with Crippen LogP contribution in [-0.4, -0.2) is 37.6 Å². The van der Waals surface area contributed by atoms with Crippen LogP contribution in [0.5, 0.6) is 0 Å². The van der Waals surface area contributed by atoms with Gasteiger partial charge in [-0.25, -0.2) is 0 Å². The van der Waals surface area contributed by atoms with Crippen molar-refractivity contribution in [3.05, 3.63) is 12.2 Å². The average Bonchev–Trinajstić information content (AvgIpc) is 2.13. The third-order valence-corrected chi connectivity index (χ3v) is 3.02. The van der Waals surface area contributed by atoms with Crippen LogP contribution in [-0.2, 0) is 0 Å². The Bertz CT molecular complexity index is 191. The number of nitrogens with one attached hydrogen (secondary N) is 1. The molecule has 0 bridgehead atoms. The Labute approximate surface area is 94.7 Å². The zero-order valence-electron chi connectivity index (χ0n) is 10.6. The van der Waals surface area contributed by atoms with E-state index in [1.165, 1.54) is 25.1 Å². The molecule has 1 N–H and O–H groups in total. The molecule has 0 saturated carbocycles. The molecule has 0 amide bonds. The Kier molecular flexibility index (Phi) is 5.34. The molecule has 0 aromatic carbocycles. The van der Waals surface area contributed by atoms with Crippen LogP contribution in [0.2, 0.25) is 0 Å². The van der Waals surface area contributed by atoms with Gasteiger partial charge in [0.2, 0.25) is 0 Å². The molecule has 1 heterocycles. The van der Waals surface area contributed by atoms with Gasteiger partial charge in [-0.05, 0) is 30.4 Å². The minimum atomic E-state index is 0.848. The van der Waals surface area contributed by atoms with Gasteiger partial charge in [0.15, 0.2) is 0 Å². The summed E-state index contributed by atoms with van der Waals surface area (Å²) >= 11 is 0. The lowest BCUT2D eigenvalue weighted by Crippen LogP contribution is -2.40. The molecule has 0 aliphatic carbocycles. The molecule has 1 fully saturated rings. The average molecular weight is 210 g/mol. The van der Waals surface area contributed by atoms with Gasteiger partial charge in [0.25, 0.3) is 0 Å². The molecule has 0 spiro atoms. The van der Waals surface area contributed by atoms with Crippen molar-refractivity contribution in [1.82, 2.24) is 10.2 Å². The highest BCUT2D eigenvalue weighted by atomic mass is 15.1. The fourth-order valence-corrected chi connectivity index (χ4v) is 2.60. The van der Waals surface area contributed by atoms with Gasteiger partial charge in [-0.3, -0.25) is 4.90 Å². The van der Waals surface area contributed by atoms with Gasteiger partial charge < -0.3 is 5.32 Å². The molecule has 1 saturated heterocycles. The van der Waals surface area contributed by atoms with Crippen LogP contribution in [0.25, 0.3) is 0 Å². The summed E-state index contributed by atoms with van der Waals surface area (Å²) < 4.78 is 0. The number of hydrogen-bond donors (Lipinski definition) is 1. The van der Waals surface area contributed by atoms with Gasteiger partial charge >= 0.3 is 0 Å². The molecule has 0 aromatic rings. The standard InChI is InChI=1S/C13H26N2/c1-5-14-7-13(4)10-15-8-11(2)6-12(3)9-15/h11-12,14H,4-10H2,1-3H3. The molecule has 0 radical (unpaired) electrons. The van der Waals surface area contributed by atoms with Gasteiger partial charge in [0, 0.05) is 26.2 Å². The normalized spacial score (nSPS) is 27.9. The van der Waals surface area contributed by atoms with Crippen LogP contribution in [0.1, 0.15) is 27.2 Å². The number of hydrogen-bond acceptors (Lipinski definition) is 2. The molecular weight excluding hydrogens is 184 g/mol. The molecule has 2 heteroatoms. The minimum Gasteiger partial charge on any atom is -0.313 e. The summed E-state index contributed by atoms with van der Waals surface area (Å²) in [5.74, 6) is 1.70. The number of rotatable bonds is 5. The second-order valence-electron chi connectivity index (χ2n) is 5.17. The summed E-state index contributed by atoms with van der Waals surface area (Å²) in [5, 5.41) is 3.33. The van der Waals surface area contributed by atoms with E-state index in [9.17, 15) is 0 Å². The molecule has 15 heavy (non-hydrogen) atoms. The summed E-state index contributed by atoms with van der Waals surface area (Å²) in [6, 6.07) is 0. The molecule has 1 aliphatic rings. The maximum atomic E-state index is 4.13. The highest BCUT2D eigenvalue weighted by molar-refractivity contribution is 5.00. The molecule has 0 aromatic heterocycles. The third-order valence-electron chi connectivity index (χ3n) is 3.02. The van der Waals surface area contributed by atoms with Crippen LogP contribution < -0.4 is 5.32 Å². The molecule has 1 rings (SSSR count). The van der Waals surface area contributed by atoms with Crippen LogP contribution >= 0.6 is 0 Å². The van der Waals surface area contributed by atoms with Crippen LogP contribution in [0, 0.1) is 11.8 Å². The Balaban J connectivity index is 2.27. The highest BCUT2D eigenvalue weighted by Gasteiger charge is 2.21. The van der Waals surface area contributed by atoms with Crippen molar-refractivity contribution >= 4 is 0 Å². The van der Waals surface area contributed by atoms with Crippen LogP contribution in [0.4, 0.5) is 0 Å². The van der Waals surface area contributed by atoms with Gasteiger partial charge in [0.05, 0.1) is 0 Å². The van der Waals surface area contributed by atoms with E-state index >= 15 is 0 Å². The lowest BCUT2D eigenvalue weighted by molar-refractivity contribution is 0.151. The highest BCUT2D eigenvalue weighted by Crippen LogP contribution is 2.21. The first-order chi connectivity index (χ1) is 7.11. The first-order valence-corrected chi connectivity index (χ1v) is 6.21. The van der Waals surface area contributed by atoms with Gasteiger partial charge in [0.1, 0.15) is 0 Å².